The number of hydrogen-bond acceptors (Lipinski definition) is 3. The first-order valence-electron chi connectivity index (χ1n) is 8.17. The highest BCUT2D eigenvalue weighted by Crippen LogP contribution is 2.31. The molecule has 0 aliphatic heterocycles. The van der Waals surface area contributed by atoms with E-state index in [2.05, 4.69) is 10.4 Å². The number of rotatable bonds is 3. The van der Waals surface area contributed by atoms with Crippen LogP contribution in [0.1, 0.15) is 16.1 Å². The molecule has 6 nitrogen and oxygen atoms in total. The van der Waals surface area contributed by atoms with Crippen LogP contribution in [0.4, 0.5) is 32.4 Å². The van der Waals surface area contributed by atoms with Crippen molar-refractivity contribution in [1.82, 2.24) is 14.2 Å². The molecule has 0 fully saturated rings. The van der Waals surface area contributed by atoms with E-state index in [4.69, 9.17) is 23.4 Å². The van der Waals surface area contributed by atoms with Crippen LogP contribution in [0, 0.1) is 11.6 Å². The number of imide groups is 1. The second-order valence-electron chi connectivity index (χ2n) is 5.92. The van der Waals surface area contributed by atoms with Crippen molar-refractivity contribution in [3.8, 4) is 5.69 Å². The van der Waals surface area contributed by atoms with Crippen molar-refractivity contribution in [2.45, 2.75) is 6.18 Å². The molecule has 3 aromatic rings. The van der Waals surface area contributed by atoms with Gasteiger partial charge in [-0.1, -0.05) is 17.7 Å². The summed E-state index contributed by atoms with van der Waals surface area (Å²) in [7, 11) is 0. The number of carbonyl (C=O) groups excluding carboxylic acids is 2. The Morgan fingerprint density at radius 1 is 1.03 bits per heavy atom. The van der Waals surface area contributed by atoms with E-state index in [0.29, 0.717) is 6.07 Å². The van der Waals surface area contributed by atoms with E-state index < -0.39 is 41.0 Å². The van der Waals surface area contributed by atoms with Gasteiger partial charge in [0.25, 0.3) is 5.91 Å². The Morgan fingerprint density at radius 2 is 1.61 bits per heavy atom. The van der Waals surface area contributed by atoms with Crippen LogP contribution in [0.25, 0.3) is 5.69 Å². The number of benzene rings is 2. The first kappa shape index (κ1) is 22.5. The van der Waals surface area contributed by atoms with Gasteiger partial charge in [0.2, 0.25) is 0 Å². The zero-order chi connectivity index (χ0) is 22.9. The van der Waals surface area contributed by atoms with Gasteiger partial charge in [0.15, 0.2) is 5.69 Å². The van der Waals surface area contributed by atoms with E-state index in [9.17, 15) is 31.5 Å². The van der Waals surface area contributed by atoms with Gasteiger partial charge in [-0.2, -0.15) is 22.7 Å². The zero-order valence-corrected chi connectivity index (χ0v) is 16.4. The average Bonchev–Trinajstić information content (AvgIpc) is 3.10. The van der Waals surface area contributed by atoms with Crippen LogP contribution in [0.2, 0.25) is 5.15 Å². The fraction of sp³-hybridized carbons (Fsp3) is 0.0556. The van der Waals surface area contributed by atoms with E-state index in [1.54, 1.807) is 0 Å². The number of carbonyl (C=O) groups is 2. The molecule has 0 aliphatic rings. The smallest absolute Gasteiger partial charge is 0.306 e. The Kier molecular flexibility index (Phi) is 6.18. The van der Waals surface area contributed by atoms with Crippen LogP contribution in [0.15, 0.2) is 48.5 Å². The maximum absolute atomic E-state index is 13.7. The van der Waals surface area contributed by atoms with E-state index in [0.717, 1.165) is 22.9 Å². The predicted octanol–water partition coefficient (Wildman–Crippen LogP) is 5.65. The van der Waals surface area contributed by atoms with Crippen LogP contribution in [-0.4, -0.2) is 26.1 Å². The first-order chi connectivity index (χ1) is 14.5. The Morgan fingerprint density at radius 3 is 2.13 bits per heavy atom. The molecule has 0 bridgehead atoms. The molecule has 0 saturated carbocycles. The summed E-state index contributed by atoms with van der Waals surface area (Å²) in [5, 5.41) is 5.27. The highest BCUT2D eigenvalue weighted by molar-refractivity contribution is 6.33. The number of hydrogen-bond donors (Lipinski definition) is 1. The second kappa shape index (κ2) is 8.52. The predicted molar refractivity (Wildman–Crippen MR) is 101 cm³/mol. The van der Waals surface area contributed by atoms with Crippen LogP contribution < -0.4 is 5.32 Å². The van der Waals surface area contributed by atoms with E-state index >= 15 is 0 Å². The van der Waals surface area contributed by atoms with Crippen LogP contribution in [0.3, 0.4) is 0 Å². The molecule has 31 heavy (non-hydrogen) atoms. The zero-order valence-electron chi connectivity index (χ0n) is 14.9. The third kappa shape index (κ3) is 4.78. The number of aromatic nitrogens is 2. The molecule has 3 amide bonds. The second-order valence-corrected chi connectivity index (χ2v) is 6.65. The minimum absolute atomic E-state index is 0.0462. The minimum atomic E-state index is -4.68. The van der Waals surface area contributed by atoms with Gasteiger partial charge in [-0.05, 0) is 36.4 Å². The molecule has 13 heteroatoms. The third-order valence-corrected chi connectivity index (χ3v) is 4.43. The van der Waals surface area contributed by atoms with Crippen molar-refractivity contribution in [2.75, 3.05) is 5.32 Å². The molecule has 0 unspecified atom stereocenters. The van der Waals surface area contributed by atoms with Crippen molar-refractivity contribution in [2.24, 2.45) is 0 Å². The topological polar surface area (TPSA) is 67.2 Å². The van der Waals surface area contributed by atoms with E-state index in [1.807, 2.05) is 0 Å². The monoisotopic (exact) mass is 478 g/mol. The van der Waals surface area contributed by atoms with Crippen molar-refractivity contribution < 1.29 is 31.5 Å². The molecule has 0 aliphatic carbocycles. The fourth-order valence-electron chi connectivity index (χ4n) is 2.43. The van der Waals surface area contributed by atoms with Gasteiger partial charge in [0.1, 0.15) is 22.4 Å². The maximum Gasteiger partial charge on any atom is 0.435 e. The SMILES string of the molecule is O=C(Nc1ccc(-n2nc(C(F)(F)F)cc2Cl)cc1)N(Cl)C(=O)c1c(F)cccc1F. The summed E-state index contributed by atoms with van der Waals surface area (Å²) in [6.45, 7) is 0. The lowest BCUT2D eigenvalue weighted by Crippen LogP contribution is -2.33. The molecular formula is C18H9Cl2F5N4O2. The van der Waals surface area contributed by atoms with Crippen molar-refractivity contribution >= 4 is 41.0 Å². The van der Waals surface area contributed by atoms with Gasteiger partial charge < -0.3 is 5.32 Å². The van der Waals surface area contributed by atoms with E-state index in [-0.39, 0.29) is 20.9 Å². The highest BCUT2D eigenvalue weighted by atomic mass is 35.5. The average molecular weight is 479 g/mol. The van der Waals surface area contributed by atoms with Gasteiger partial charge >= 0.3 is 12.2 Å². The Labute approximate surface area is 180 Å². The van der Waals surface area contributed by atoms with Gasteiger partial charge in [0, 0.05) is 23.5 Å². The summed E-state index contributed by atoms with van der Waals surface area (Å²) in [5.74, 6) is -3.85. The molecule has 3 rings (SSSR count). The number of nitrogens with one attached hydrogen (secondary N) is 1. The van der Waals surface area contributed by atoms with E-state index in [1.165, 1.54) is 24.3 Å². The van der Waals surface area contributed by atoms with Gasteiger partial charge in [0.05, 0.1) is 5.69 Å². The number of alkyl halides is 3. The summed E-state index contributed by atoms with van der Waals surface area (Å²) in [6.07, 6.45) is -4.68. The molecule has 0 atom stereocenters. The summed E-state index contributed by atoms with van der Waals surface area (Å²) >= 11 is 11.4. The molecule has 0 radical (unpaired) electrons. The van der Waals surface area contributed by atoms with Gasteiger partial charge in [-0.3, -0.25) is 4.79 Å². The number of nitrogens with zero attached hydrogens (tertiary/aromatic N) is 3. The number of amides is 3. The molecule has 162 valence electrons. The lowest BCUT2D eigenvalue weighted by molar-refractivity contribution is -0.141. The van der Waals surface area contributed by atoms with Gasteiger partial charge in [-0.15, -0.1) is 0 Å². The Balaban J connectivity index is 1.75. The summed E-state index contributed by atoms with van der Waals surface area (Å²) < 4.78 is 66.4. The lowest BCUT2D eigenvalue weighted by atomic mass is 10.2. The molecule has 0 saturated heterocycles. The van der Waals surface area contributed by atoms with Crippen molar-refractivity contribution in [1.29, 1.82) is 0 Å². The molecule has 1 N–H and O–H groups in total. The molecule has 2 aromatic carbocycles. The normalized spacial score (nSPS) is 11.3. The molecular weight excluding hydrogens is 470 g/mol. The Hall–Kier alpha value is -3.18. The standard InChI is InChI=1S/C18H9Cl2F5N4O2/c19-14-8-13(18(23,24)25)27-29(14)10-6-4-9(5-7-10)26-17(31)28(20)16(30)15-11(21)2-1-3-12(15)22/h1-8H,(H,26,31). The summed E-state index contributed by atoms with van der Waals surface area (Å²) in [6, 6.07) is 7.19. The lowest BCUT2D eigenvalue weighted by Gasteiger charge is -2.14. The first-order valence-corrected chi connectivity index (χ1v) is 8.89. The van der Waals surface area contributed by atoms with Crippen molar-refractivity contribution in [3.05, 3.63) is 76.6 Å². The Bertz CT molecular complexity index is 1130. The number of anilines is 1. The maximum atomic E-state index is 13.7. The molecule has 1 heterocycles. The summed E-state index contributed by atoms with van der Waals surface area (Å²) in [5.41, 5.74) is -1.99. The molecule has 1 aromatic heterocycles. The number of halogens is 7. The van der Waals surface area contributed by atoms with Gasteiger partial charge in [-0.25, -0.2) is 18.3 Å². The fourth-order valence-corrected chi connectivity index (χ4v) is 2.79. The van der Waals surface area contributed by atoms with Crippen LogP contribution in [-0.2, 0) is 6.18 Å². The number of urea groups is 1. The quantitative estimate of drug-likeness (QED) is 0.390. The van der Waals surface area contributed by atoms with Crippen molar-refractivity contribution in [3.63, 3.8) is 0 Å². The largest absolute Gasteiger partial charge is 0.435 e. The van der Waals surface area contributed by atoms with Crippen LogP contribution in [0.5, 0.6) is 0 Å². The highest BCUT2D eigenvalue weighted by Gasteiger charge is 2.35. The summed E-state index contributed by atoms with van der Waals surface area (Å²) in [4.78, 5) is 24.2. The van der Waals surface area contributed by atoms with Crippen LogP contribution >= 0.6 is 23.4 Å². The molecule has 0 spiro atoms. The minimum Gasteiger partial charge on any atom is -0.306 e. The third-order valence-electron chi connectivity index (χ3n) is 3.85.